The average Bonchev–Trinajstić information content (AvgIpc) is 2.74. The first kappa shape index (κ1) is 12.3. The Kier molecular flexibility index (Phi) is 2.90. The van der Waals surface area contributed by atoms with E-state index < -0.39 is 11.7 Å². The van der Waals surface area contributed by atoms with Gasteiger partial charge in [-0.2, -0.15) is 13.2 Å². The Morgan fingerprint density at radius 1 is 1.28 bits per heavy atom. The number of halogens is 3. The fourth-order valence-electron chi connectivity index (χ4n) is 1.52. The number of benzene rings is 1. The minimum absolute atomic E-state index is 0.0222. The number of alkyl halides is 3. The molecular weight excluding hydrogens is 249 g/mol. The molecule has 7 heteroatoms. The fourth-order valence-corrected chi connectivity index (χ4v) is 1.52. The number of nitrogen functional groups attached to an aromatic ring is 1. The highest BCUT2D eigenvalue weighted by Crippen LogP contribution is 2.39. The zero-order valence-corrected chi connectivity index (χ0v) is 9.28. The molecule has 0 amide bonds. The summed E-state index contributed by atoms with van der Waals surface area (Å²) in [6, 6.07) is 4.79. The quantitative estimate of drug-likeness (QED) is 0.899. The van der Waals surface area contributed by atoms with Crippen molar-refractivity contribution in [3.8, 4) is 17.1 Å². The first-order chi connectivity index (χ1) is 8.41. The van der Waals surface area contributed by atoms with Gasteiger partial charge in [0.2, 0.25) is 0 Å². The lowest BCUT2D eigenvalue weighted by molar-refractivity contribution is -0.137. The molecule has 1 aromatic heterocycles. The largest absolute Gasteiger partial charge is 0.497 e. The Hall–Kier alpha value is -2.18. The number of nitrogens with zero attached hydrogens (tertiary/aromatic N) is 1. The molecule has 0 unspecified atom stereocenters. The van der Waals surface area contributed by atoms with E-state index in [1.807, 2.05) is 0 Å². The molecule has 96 valence electrons. The Morgan fingerprint density at radius 2 is 2.00 bits per heavy atom. The van der Waals surface area contributed by atoms with Crippen LogP contribution in [0.5, 0.6) is 5.75 Å². The van der Waals surface area contributed by atoms with Crippen LogP contribution in [0.3, 0.4) is 0 Å². The molecule has 0 aliphatic rings. The summed E-state index contributed by atoms with van der Waals surface area (Å²) in [5.41, 5.74) is 4.33. The lowest BCUT2D eigenvalue weighted by Crippen LogP contribution is -2.07. The number of methoxy groups -OCH3 is 1. The maximum atomic E-state index is 12.9. The normalized spacial score (nSPS) is 11.6. The number of hydrogen-bond acceptors (Lipinski definition) is 4. The first-order valence-electron chi connectivity index (χ1n) is 4.89. The molecule has 0 aliphatic carbocycles. The van der Waals surface area contributed by atoms with Gasteiger partial charge in [-0.15, -0.1) is 0 Å². The van der Waals surface area contributed by atoms with Crippen LogP contribution in [0, 0.1) is 0 Å². The maximum absolute atomic E-state index is 12.9. The molecule has 0 atom stereocenters. The molecule has 1 aromatic carbocycles. The second kappa shape index (κ2) is 4.25. The van der Waals surface area contributed by atoms with Gasteiger partial charge in [0.05, 0.1) is 12.7 Å². The lowest BCUT2D eigenvalue weighted by Gasteiger charge is -2.12. The predicted molar refractivity (Wildman–Crippen MR) is 57.9 cm³/mol. The molecule has 0 bridgehead atoms. The third-order valence-electron chi connectivity index (χ3n) is 2.33. The van der Waals surface area contributed by atoms with Gasteiger partial charge in [-0.1, -0.05) is 5.16 Å². The third-order valence-corrected chi connectivity index (χ3v) is 2.33. The summed E-state index contributed by atoms with van der Waals surface area (Å²) in [5, 5.41) is 3.36. The van der Waals surface area contributed by atoms with Gasteiger partial charge in [0.15, 0.2) is 11.6 Å². The Morgan fingerprint density at radius 3 is 2.50 bits per heavy atom. The summed E-state index contributed by atoms with van der Waals surface area (Å²) < 4.78 is 48.2. The molecule has 1 heterocycles. The van der Waals surface area contributed by atoms with Crippen LogP contribution in [0.15, 0.2) is 28.8 Å². The Labute approximate surface area is 100 Å². The van der Waals surface area contributed by atoms with Gasteiger partial charge in [0, 0.05) is 11.6 Å². The number of nitrogens with two attached hydrogens (primary N) is 1. The summed E-state index contributed by atoms with van der Waals surface area (Å²) in [6.45, 7) is 0. The zero-order valence-electron chi connectivity index (χ0n) is 9.28. The van der Waals surface area contributed by atoms with Gasteiger partial charge < -0.3 is 15.0 Å². The predicted octanol–water partition coefficient (Wildman–Crippen LogP) is 2.95. The zero-order chi connectivity index (χ0) is 13.3. The number of hydrogen-bond donors (Lipinski definition) is 1. The molecule has 0 saturated heterocycles. The Balaban J connectivity index is 2.60. The van der Waals surface area contributed by atoms with Crippen molar-refractivity contribution in [3.63, 3.8) is 0 Å². The van der Waals surface area contributed by atoms with E-state index in [9.17, 15) is 13.2 Å². The highest BCUT2D eigenvalue weighted by molar-refractivity contribution is 5.66. The molecule has 2 aromatic rings. The van der Waals surface area contributed by atoms with Crippen molar-refractivity contribution in [1.82, 2.24) is 5.16 Å². The number of anilines is 1. The number of rotatable bonds is 2. The molecule has 0 spiro atoms. The number of aromatic nitrogens is 1. The summed E-state index contributed by atoms with van der Waals surface area (Å²) >= 11 is 0. The molecule has 18 heavy (non-hydrogen) atoms. The van der Waals surface area contributed by atoms with Crippen molar-refractivity contribution in [3.05, 3.63) is 29.8 Å². The van der Waals surface area contributed by atoms with Gasteiger partial charge in [0.1, 0.15) is 5.75 Å². The molecule has 0 radical (unpaired) electrons. The standard InChI is InChI=1S/C11H9F3N2O2/c1-17-6-2-3-7(8(4-6)11(12,13)14)9-5-10(15)16-18-9/h2-5H,1H3,(H2,15,16). The van der Waals surface area contributed by atoms with Gasteiger partial charge in [-0.05, 0) is 18.2 Å². The van der Waals surface area contributed by atoms with Crippen molar-refractivity contribution in [1.29, 1.82) is 0 Å². The monoisotopic (exact) mass is 258 g/mol. The van der Waals surface area contributed by atoms with Crippen molar-refractivity contribution in [2.24, 2.45) is 0 Å². The van der Waals surface area contributed by atoms with Crippen LogP contribution in [0.2, 0.25) is 0 Å². The van der Waals surface area contributed by atoms with E-state index in [0.717, 1.165) is 6.07 Å². The summed E-state index contributed by atoms with van der Waals surface area (Å²) in [7, 11) is 1.29. The molecule has 0 fully saturated rings. The van der Waals surface area contributed by atoms with Crippen molar-refractivity contribution in [2.75, 3.05) is 12.8 Å². The van der Waals surface area contributed by atoms with Gasteiger partial charge in [0.25, 0.3) is 0 Å². The van der Waals surface area contributed by atoms with Crippen LogP contribution in [-0.4, -0.2) is 12.3 Å². The van der Waals surface area contributed by atoms with Crippen LogP contribution in [0.1, 0.15) is 5.56 Å². The molecule has 2 N–H and O–H groups in total. The Bertz CT molecular complexity index is 564. The van der Waals surface area contributed by atoms with E-state index in [-0.39, 0.29) is 22.9 Å². The maximum Gasteiger partial charge on any atom is 0.417 e. The van der Waals surface area contributed by atoms with E-state index in [4.69, 9.17) is 15.0 Å². The molecule has 0 saturated carbocycles. The summed E-state index contributed by atoms with van der Waals surface area (Å²) in [6.07, 6.45) is -4.52. The van der Waals surface area contributed by atoms with Crippen molar-refractivity contribution < 1.29 is 22.4 Å². The van der Waals surface area contributed by atoms with Crippen LogP contribution in [-0.2, 0) is 6.18 Å². The molecule has 0 aliphatic heterocycles. The third kappa shape index (κ3) is 2.24. The SMILES string of the molecule is COc1ccc(-c2cc(N)no2)c(C(F)(F)F)c1. The highest BCUT2D eigenvalue weighted by Gasteiger charge is 2.35. The smallest absolute Gasteiger partial charge is 0.417 e. The number of ether oxygens (including phenoxy) is 1. The first-order valence-corrected chi connectivity index (χ1v) is 4.89. The van der Waals surface area contributed by atoms with Crippen LogP contribution in [0.4, 0.5) is 19.0 Å². The lowest BCUT2D eigenvalue weighted by atomic mass is 10.0. The average molecular weight is 258 g/mol. The minimum Gasteiger partial charge on any atom is -0.497 e. The van der Waals surface area contributed by atoms with E-state index in [1.54, 1.807) is 0 Å². The van der Waals surface area contributed by atoms with Crippen LogP contribution < -0.4 is 10.5 Å². The van der Waals surface area contributed by atoms with Gasteiger partial charge in [-0.3, -0.25) is 0 Å². The van der Waals surface area contributed by atoms with E-state index >= 15 is 0 Å². The second-order valence-electron chi connectivity index (χ2n) is 3.53. The van der Waals surface area contributed by atoms with E-state index in [2.05, 4.69) is 5.16 Å². The van der Waals surface area contributed by atoms with Crippen LogP contribution in [0.25, 0.3) is 11.3 Å². The molecule has 2 rings (SSSR count). The summed E-state index contributed by atoms with van der Waals surface area (Å²) in [4.78, 5) is 0. The fraction of sp³-hybridized carbons (Fsp3) is 0.182. The highest BCUT2D eigenvalue weighted by atomic mass is 19.4. The molecule has 4 nitrogen and oxygen atoms in total. The topological polar surface area (TPSA) is 61.3 Å². The van der Waals surface area contributed by atoms with Crippen molar-refractivity contribution >= 4 is 5.82 Å². The minimum atomic E-state index is -4.52. The second-order valence-corrected chi connectivity index (χ2v) is 3.53. The van der Waals surface area contributed by atoms with Gasteiger partial charge in [-0.25, -0.2) is 0 Å². The van der Waals surface area contributed by atoms with Crippen molar-refractivity contribution in [2.45, 2.75) is 6.18 Å². The molecular formula is C11H9F3N2O2. The van der Waals surface area contributed by atoms with Crippen LogP contribution >= 0.6 is 0 Å². The van der Waals surface area contributed by atoms with E-state index in [1.165, 1.54) is 25.3 Å². The van der Waals surface area contributed by atoms with Gasteiger partial charge >= 0.3 is 6.18 Å². The summed E-state index contributed by atoms with van der Waals surface area (Å²) in [5.74, 6) is 0.0926. The van der Waals surface area contributed by atoms with E-state index in [0.29, 0.717) is 0 Å².